The predicted molar refractivity (Wildman–Crippen MR) is 59.9 cm³/mol. The number of ether oxygens (including phenoxy) is 1. The van der Waals surface area contributed by atoms with Crippen LogP contribution < -0.4 is 5.73 Å². The molecule has 0 saturated carbocycles. The van der Waals surface area contributed by atoms with E-state index in [1.54, 1.807) is 18.3 Å². The summed E-state index contributed by atoms with van der Waals surface area (Å²) in [6, 6.07) is 5.32. The van der Waals surface area contributed by atoms with Gasteiger partial charge >= 0.3 is 0 Å². The van der Waals surface area contributed by atoms with Crippen LogP contribution in [-0.2, 0) is 4.74 Å². The fraction of sp³-hybridized carbons (Fsp3) is 0.455. The second-order valence-corrected chi connectivity index (χ2v) is 3.44. The molecular weight excluding hydrogens is 190 g/mol. The molecule has 1 aromatic heterocycles. The van der Waals surface area contributed by atoms with E-state index in [0.717, 1.165) is 6.42 Å². The van der Waals surface area contributed by atoms with Gasteiger partial charge in [-0.15, -0.1) is 0 Å². The maximum absolute atomic E-state index is 7.69. The number of hydrogen-bond donors (Lipinski definition) is 2. The summed E-state index contributed by atoms with van der Waals surface area (Å²) in [6.07, 6.45) is 2.30. The van der Waals surface area contributed by atoms with E-state index in [4.69, 9.17) is 15.9 Å². The van der Waals surface area contributed by atoms with Gasteiger partial charge in [-0.3, -0.25) is 10.4 Å². The van der Waals surface area contributed by atoms with Gasteiger partial charge in [-0.05, 0) is 25.5 Å². The third-order valence-electron chi connectivity index (χ3n) is 2.28. The standard InChI is InChI=1S/C11H17N3O/c1-3-9(12)8(2)15-11(13)10-6-4-5-7-14-10/h4-9,13H,3,12H2,1-2H3. The summed E-state index contributed by atoms with van der Waals surface area (Å²) in [5.74, 6) is 0.0759. The van der Waals surface area contributed by atoms with Crippen molar-refractivity contribution in [2.45, 2.75) is 32.4 Å². The van der Waals surface area contributed by atoms with E-state index in [0.29, 0.717) is 5.69 Å². The van der Waals surface area contributed by atoms with Crippen LogP contribution in [-0.4, -0.2) is 23.0 Å². The first-order valence-corrected chi connectivity index (χ1v) is 5.07. The molecule has 1 aromatic rings. The molecule has 0 aliphatic carbocycles. The largest absolute Gasteiger partial charge is 0.472 e. The Bertz CT molecular complexity index is 313. The molecule has 1 rings (SSSR count). The Morgan fingerprint density at radius 3 is 2.87 bits per heavy atom. The SMILES string of the molecule is CCC(N)C(C)OC(=N)c1ccccn1. The van der Waals surface area contributed by atoms with Crippen molar-refractivity contribution in [3.8, 4) is 0 Å². The van der Waals surface area contributed by atoms with E-state index < -0.39 is 0 Å². The molecule has 2 unspecified atom stereocenters. The van der Waals surface area contributed by atoms with Crippen molar-refractivity contribution in [3.05, 3.63) is 30.1 Å². The Labute approximate surface area is 90.0 Å². The van der Waals surface area contributed by atoms with Gasteiger partial charge in [-0.25, -0.2) is 0 Å². The molecule has 0 spiro atoms. The van der Waals surface area contributed by atoms with Crippen LogP contribution in [0.1, 0.15) is 26.0 Å². The monoisotopic (exact) mass is 207 g/mol. The third-order valence-corrected chi connectivity index (χ3v) is 2.28. The highest BCUT2D eigenvalue weighted by atomic mass is 16.5. The molecule has 0 saturated heterocycles. The first-order chi connectivity index (χ1) is 7.15. The Morgan fingerprint density at radius 2 is 2.33 bits per heavy atom. The van der Waals surface area contributed by atoms with Crippen molar-refractivity contribution < 1.29 is 4.74 Å². The van der Waals surface area contributed by atoms with Gasteiger partial charge in [0.1, 0.15) is 11.8 Å². The zero-order valence-electron chi connectivity index (χ0n) is 9.10. The first-order valence-electron chi connectivity index (χ1n) is 5.07. The normalized spacial score (nSPS) is 14.3. The van der Waals surface area contributed by atoms with E-state index in [-0.39, 0.29) is 18.0 Å². The maximum atomic E-state index is 7.69. The molecule has 0 fully saturated rings. The Kier molecular flexibility index (Phi) is 4.24. The van der Waals surface area contributed by atoms with Crippen molar-refractivity contribution in [2.75, 3.05) is 0 Å². The van der Waals surface area contributed by atoms with Crippen LogP contribution in [0.15, 0.2) is 24.4 Å². The number of rotatable bonds is 4. The van der Waals surface area contributed by atoms with Crippen LogP contribution >= 0.6 is 0 Å². The average molecular weight is 207 g/mol. The minimum atomic E-state index is -0.162. The van der Waals surface area contributed by atoms with E-state index >= 15 is 0 Å². The maximum Gasteiger partial charge on any atom is 0.232 e. The average Bonchev–Trinajstić information content (AvgIpc) is 2.29. The van der Waals surface area contributed by atoms with Crippen molar-refractivity contribution in [3.63, 3.8) is 0 Å². The van der Waals surface area contributed by atoms with Gasteiger partial charge < -0.3 is 10.5 Å². The molecule has 0 radical (unpaired) electrons. The summed E-state index contributed by atoms with van der Waals surface area (Å²) in [7, 11) is 0. The van der Waals surface area contributed by atoms with Crippen molar-refractivity contribution >= 4 is 5.90 Å². The lowest BCUT2D eigenvalue weighted by Gasteiger charge is -2.19. The van der Waals surface area contributed by atoms with Gasteiger partial charge in [0.15, 0.2) is 0 Å². The van der Waals surface area contributed by atoms with E-state index in [9.17, 15) is 0 Å². The summed E-state index contributed by atoms with van der Waals surface area (Å²) < 4.78 is 5.38. The smallest absolute Gasteiger partial charge is 0.232 e. The lowest BCUT2D eigenvalue weighted by molar-refractivity contribution is 0.173. The molecule has 82 valence electrons. The molecular formula is C11H17N3O. The van der Waals surface area contributed by atoms with Gasteiger partial charge in [0.05, 0.1) is 0 Å². The molecule has 0 amide bonds. The number of pyridine rings is 1. The van der Waals surface area contributed by atoms with Crippen LogP contribution in [0.5, 0.6) is 0 Å². The van der Waals surface area contributed by atoms with Crippen LogP contribution in [0.4, 0.5) is 0 Å². The molecule has 2 atom stereocenters. The predicted octanol–water partition coefficient (Wildman–Crippen LogP) is 1.55. The lowest BCUT2D eigenvalue weighted by atomic mass is 10.1. The van der Waals surface area contributed by atoms with Gasteiger partial charge in [-0.1, -0.05) is 13.0 Å². The molecule has 4 nitrogen and oxygen atoms in total. The highest BCUT2D eigenvalue weighted by Gasteiger charge is 2.14. The van der Waals surface area contributed by atoms with Crippen LogP contribution in [0.25, 0.3) is 0 Å². The zero-order valence-corrected chi connectivity index (χ0v) is 9.10. The molecule has 3 N–H and O–H groups in total. The Balaban J connectivity index is 2.57. The summed E-state index contributed by atoms with van der Waals surface area (Å²) in [5.41, 5.74) is 6.34. The van der Waals surface area contributed by atoms with Crippen molar-refractivity contribution in [1.29, 1.82) is 5.41 Å². The number of aromatic nitrogens is 1. The van der Waals surface area contributed by atoms with Gasteiger partial charge in [0, 0.05) is 12.2 Å². The van der Waals surface area contributed by atoms with Gasteiger partial charge in [-0.2, -0.15) is 0 Å². The molecule has 0 aromatic carbocycles. The van der Waals surface area contributed by atoms with Gasteiger partial charge in [0.25, 0.3) is 0 Å². The fourth-order valence-electron chi connectivity index (χ4n) is 1.16. The number of nitrogens with one attached hydrogen (secondary N) is 1. The van der Waals surface area contributed by atoms with E-state index in [1.807, 2.05) is 19.9 Å². The van der Waals surface area contributed by atoms with Crippen molar-refractivity contribution in [1.82, 2.24) is 4.98 Å². The van der Waals surface area contributed by atoms with Gasteiger partial charge in [0.2, 0.25) is 5.90 Å². The summed E-state index contributed by atoms with van der Waals surface area (Å²) in [4.78, 5) is 4.03. The summed E-state index contributed by atoms with van der Waals surface area (Å²) >= 11 is 0. The van der Waals surface area contributed by atoms with Crippen LogP contribution in [0.3, 0.4) is 0 Å². The second kappa shape index (κ2) is 5.46. The Morgan fingerprint density at radius 1 is 1.60 bits per heavy atom. The second-order valence-electron chi connectivity index (χ2n) is 3.44. The highest BCUT2D eigenvalue weighted by Crippen LogP contribution is 2.04. The molecule has 1 heterocycles. The molecule has 0 aliphatic heterocycles. The quantitative estimate of drug-likeness (QED) is 0.581. The fourth-order valence-corrected chi connectivity index (χ4v) is 1.16. The van der Waals surface area contributed by atoms with E-state index in [1.165, 1.54) is 0 Å². The van der Waals surface area contributed by atoms with Crippen LogP contribution in [0, 0.1) is 5.41 Å². The molecule has 0 aliphatic rings. The Hall–Kier alpha value is -1.42. The molecule has 4 heteroatoms. The van der Waals surface area contributed by atoms with E-state index in [2.05, 4.69) is 4.98 Å². The third kappa shape index (κ3) is 3.32. The van der Waals surface area contributed by atoms with Crippen LogP contribution in [0.2, 0.25) is 0 Å². The minimum absolute atomic E-state index is 0.0472. The minimum Gasteiger partial charge on any atom is -0.472 e. The number of hydrogen-bond acceptors (Lipinski definition) is 4. The molecule has 0 bridgehead atoms. The lowest BCUT2D eigenvalue weighted by Crippen LogP contribution is -2.35. The first kappa shape index (κ1) is 11.7. The molecule has 15 heavy (non-hydrogen) atoms. The highest BCUT2D eigenvalue weighted by molar-refractivity contribution is 5.89. The van der Waals surface area contributed by atoms with Crippen molar-refractivity contribution in [2.24, 2.45) is 5.73 Å². The summed E-state index contributed by atoms with van der Waals surface area (Å²) in [6.45, 7) is 3.86. The summed E-state index contributed by atoms with van der Waals surface area (Å²) in [5, 5.41) is 7.69. The number of nitrogens with zero attached hydrogens (tertiary/aromatic N) is 1. The zero-order chi connectivity index (χ0) is 11.3. The topological polar surface area (TPSA) is 72.0 Å². The number of nitrogens with two attached hydrogens (primary N) is 1.